The smallest absolute Gasteiger partial charge is 0.348 e. The molecular weight excluding hydrogens is 765 g/mol. The predicted molar refractivity (Wildman–Crippen MR) is 243 cm³/mol. The Hall–Kier alpha value is -6.42. The molecule has 12 rings (SSSR count). The van der Waals surface area contributed by atoms with Crippen LogP contribution in [0, 0.1) is 13.8 Å². The fraction of sp³-hybridized carbons (Fsp3) is 0.333. The maximum Gasteiger partial charge on any atom is 0.348 e. The number of benzene rings is 4. The van der Waals surface area contributed by atoms with Gasteiger partial charge in [0.1, 0.15) is 21.9 Å². The van der Waals surface area contributed by atoms with Gasteiger partial charge in [-0.05, 0) is 110 Å². The Morgan fingerprint density at radius 1 is 0.525 bits per heavy atom. The highest BCUT2D eigenvalue weighted by Gasteiger charge is 2.33. The molecular formula is C51H48N4O6. The molecule has 0 atom stereocenters. The molecule has 308 valence electrons. The number of hydrogen-bond acceptors (Lipinski definition) is 10. The Morgan fingerprint density at radius 3 is 1.41 bits per heavy atom. The molecule has 2 saturated carbocycles. The van der Waals surface area contributed by atoms with Crippen LogP contribution in [0.1, 0.15) is 86.5 Å². The van der Waals surface area contributed by atoms with E-state index in [1.165, 1.54) is 49.7 Å². The molecule has 0 spiro atoms. The van der Waals surface area contributed by atoms with Gasteiger partial charge >= 0.3 is 11.3 Å². The second-order valence-corrected chi connectivity index (χ2v) is 18.0. The van der Waals surface area contributed by atoms with Gasteiger partial charge in [0.2, 0.25) is 11.8 Å². The summed E-state index contributed by atoms with van der Waals surface area (Å²) in [6.07, 6.45) is 11.5. The first-order valence-electron chi connectivity index (χ1n) is 22.1. The van der Waals surface area contributed by atoms with E-state index in [1.807, 2.05) is 50.2 Å². The van der Waals surface area contributed by atoms with Crippen LogP contribution in [0.5, 0.6) is 0 Å². The number of furan rings is 2. The molecule has 0 unspecified atom stereocenters. The standard InChI is InChI=1S/C51H48N4O6/c1-28-13-19-40-36(21-28)46-44(50(56)58-40)42(48(60-46)52-34-9-5-3-6-10-34)30-15-17-38-32(23-30)25-54-27-55(38)26-33-24-31(16-18-39(33)54)43-45-47(61-49(43)53-35-11-7-4-8-12-35)37-22-29(2)14-20-41(37)59-51(45)57/h13-24,34-35,52-53H,3-12,25-27H2,1-2H3. The van der Waals surface area contributed by atoms with Crippen LogP contribution in [0.2, 0.25) is 0 Å². The molecule has 2 bridgehead atoms. The number of fused-ring (bicyclic) bond motifs is 12. The molecule has 10 nitrogen and oxygen atoms in total. The van der Waals surface area contributed by atoms with Crippen molar-refractivity contribution in [1.29, 1.82) is 0 Å². The molecule has 2 aliphatic heterocycles. The molecule has 4 aromatic heterocycles. The number of nitrogens with zero attached hydrogens (tertiary/aromatic N) is 2. The van der Waals surface area contributed by atoms with E-state index in [0.717, 1.165) is 87.9 Å². The van der Waals surface area contributed by atoms with Gasteiger partial charge in [0.25, 0.3) is 0 Å². The third-order valence-electron chi connectivity index (χ3n) is 13.8. The van der Waals surface area contributed by atoms with Gasteiger partial charge in [0, 0.05) is 36.5 Å². The summed E-state index contributed by atoms with van der Waals surface area (Å²) in [7, 11) is 0. The zero-order chi connectivity index (χ0) is 40.9. The summed E-state index contributed by atoms with van der Waals surface area (Å²) in [6, 6.07) is 25.4. The van der Waals surface area contributed by atoms with Gasteiger partial charge in [0.15, 0.2) is 11.2 Å². The molecule has 2 N–H and O–H groups in total. The first-order valence-corrected chi connectivity index (χ1v) is 22.1. The summed E-state index contributed by atoms with van der Waals surface area (Å²) >= 11 is 0. The minimum absolute atomic E-state index is 0.279. The number of aryl methyl sites for hydroxylation is 2. The molecule has 0 saturated heterocycles. The summed E-state index contributed by atoms with van der Waals surface area (Å²) in [6.45, 7) is 6.23. The minimum Gasteiger partial charge on any atom is -0.439 e. The van der Waals surface area contributed by atoms with Gasteiger partial charge in [0.05, 0.1) is 28.6 Å². The first-order chi connectivity index (χ1) is 29.8. The maximum absolute atomic E-state index is 13.9. The molecule has 61 heavy (non-hydrogen) atoms. The molecule has 4 aliphatic rings. The number of anilines is 4. The Morgan fingerprint density at radius 2 is 0.967 bits per heavy atom. The maximum atomic E-state index is 13.9. The lowest BCUT2D eigenvalue weighted by Crippen LogP contribution is -2.46. The average Bonchev–Trinajstić information content (AvgIpc) is 3.85. The zero-order valence-corrected chi connectivity index (χ0v) is 34.6. The number of nitrogens with one attached hydrogen (secondary N) is 2. The van der Waals surface area contributed by atoms with Crippen molar-refractivity contribution in [1.82, 2.24) is 0 Å². The molecule has 2 aliphatic carbocycles. The third kappa shape index (κ3) is 6.04. The quantitative estimate of drug-likeness (QED) is 0.157. The van der Waals surface area contributed by atoms with Crippen LogP contribution >= 0.6 is 0 Å². The van der Waals surface area contributed by atoms with E-state index < -0.39 is 11.3 Å². The predicted octanol–water partition coefficient (Wildman–Crippen LogP) is 12.1. The van der Waals surface area contributed by atoms with Gasteiger partial charge < -0.3 is 38.1 Å². The second kappa shape index (κ2) is 14.1. The summed E-state index contributed by atoms with van der Waals surface area (Å²) in [5.74, 6) is 1.28. The summed E-state index contributed by atoms with van der Waals surface area (Å²) in [5, 5.41) is 10.0. The number of hydrogen-bond donors (Lipinski definition) is 2. The highest BCUT2D eigenvalue weighted by molar-refractivity contribution is 6.11. The van der Waals surface area contributed by atoms with Gasteiger partial charge in [-0.2, -0.15) is 0 Å². The van der Waals surface area contributed by atoms with Crippen molar-refractivity contribution in [3.05, 3.63) is 116 Å². The third-order valence-corrected chi connectivity index (χ3v) is 13.8. The largest absolute Gasteiger partial charge is 0.439 e. The van der Waals surface area contributed by atoms with E-state index in [-0.39, 0.29) is 12.1 Å². The highest BCUT2D eigenvalue weighted by atomic mass is 16.4. The summed E-state index contributed by atoms with van der Waals surface area (Å²) in [4.78, 5) is 32.5. The fourth-order valence-corrected chi connectivity index (χ4v) is 10.8. The molecule has 10 heteroatoms. The van der Waals surface area contributed by atoms with Crippen molar-refractivity contribution in [2.24, 2.45) is 0 Å². The SMILES string of the molecule is Cc1ccc2oc(=O)c3c(-c4ccc5c(c4)CN4CN5Cc5cc(-c6c(NC7CCCCC7)oc7c6c(=O)oc6ccc(C)cc67)ccc54)c(NC4CCCCC4)oc3c2c1. The normalized spacial score (nSPS) is 17.1. The van der Waals surface area contributed by atoms with E-state index in [4.69, 9.17) is 17.7 Å². The van der Waals surface area contributed by atoms with E-state index in [2.05, 4.69) is 56.8 Å². The lowest BCUT2D eigenvalue weighted by molar-refractivity contribution is 0.453. The monoisotopic (exact) mass is 812 g/mol. The fourth-order valence-electron chi connectivity index (χ4n) is 10.8. The Kier molecular flexibility index (Phi) is 8.41. The van der Waals surface area contributed by atoms with Crippen molar-refractivity contribution in [2.75, 3.05) is 27.1 Å². The minimum atomic E-state index is -0.391. The first kappa shape index (κ1) is 36.4. The molecule has 0 radical (unpaired) electrons. The van der Waals surface area contributed by atoms with Crippen LogP contribution in [0.15, 0.2) is 100 Å². The summed E-state index contributed by atoms with van der Waals surface area (Å²) in [5.41, 5.74) is 11.6. The molecule has 6 heterocycles. The molecule has 2 fully saturated rings. The van der Waals surface area contributed by atoms with E-state index >= 15 is 0 Å². The van der Waals surface area contributed by atoms with Crippen LogP contribution in [-0.4, -0.2) is 18.8 Å². The lowest BCUT2D eigenvalue weighted by atomic mass is 9.93. The van der Waals surface area contributed by atoms with Crippen LogP contribution in [0.25, 0.3) is 66.1 Å². The average molecular weight is 813 g/mol. The lowest BCUT2D eigenvalue weighted by Gasteiger charge is -2.45. The number of rotatable bonds is 6. The summed E-state index contributed by atoms with van der Waals surface area (Å²) < 4.78 is 25.3. The van der Waals surface area contributed by atoms with Gasteiger partial charge in [-0.15, -0.1) is 0 Å². The van der Waals surface area contributed by atoms with Crippen molar-refractivity contribution in [3.63, 3.8) is 0 Å². The van der Waals surface area contributed by atoms with Crippen molar-refractivity contribution >= 4 is 67.0 Å². The topological polar surface area (TPSA) is 117 Å². The van der Waals surface area contributed by atoms with Crippen molar-refractivity contribution < 1.29 is 17.7 Å². The van der Waals surface area contributed by atoms with Crippen LogP contribution in [0.3, 0.4) is 0 Å². The van der Waals surface area contributed by atoms with E-state index in [9.17, 15) is 9.59 Å². The van der Waals surface area contributed by atoms with Gasteiger partial charge in [-0.3, -0.25) is 0 Å². The molecule has 8 aromatic rings. The van der Waals surface area contributed by atoms with Gasteiger partial charge in [-0.1, -0.05) is 73.9 Å². The van der Waals surface area contributed by atoms with Crippen LogP contribution in [-0.2, 0) is 13.1 Å². The van der Waals surface area contributed by atoms with Crippen molar-refractivity contribution in [3.8, 4) is 22.3 Å². The Balaban J connectivity index is 0.937. The second-order valence-electron chi connectivity index (χ2n) is 18.0. The highest BCUT2D eigenvalue weighted by Crippen LogP contribution is 2.47. The Labute approximate surface area is 352 Å². The Bertz CT molecular complexity index is 2980. The molecule has 0 amide bonds. The van der Waals surface area contributed by atoms with Crippen molar-refractivity contribution in [2.45, 2.75) is 103 Å². The van der Waals surface area contributed by atoms with Crippen LogP contribution in [0.4, 0.5) is 23.1 Å². The van der Waals surface area contributed by atoms with Crippen LogP contribution < -0.4 is 31.7 Å². The molecule has 4 aromatic carbocycles. The van der Waals surface area contributed by atoms with E-state index in [1.54, 1.807) is 0 Å². The zero-order valence-electron chi connectivity index (χ0n) is 34.6. The van der Waals surface area contributed by atoms with E-state index in [0.29, 0.717) is 58.0 Å². The van der Waals surface area contributed by atoms with Gasteiger partial charge in [-0.25, -0.2) is 9.59 Å².